The van der Waals surface area contributed by atoms with Gasteiger partial charge in [-0.05, 0) is 34.8 Å². The largest absolute Gasteiger partial charge is 0.489 e. The molecule has 4 rings (SSSR count). The zero-order chi connectivity index (χ0) is 22.3. The molecule has 9 nitrogen and oxygen atoms in total. The number of hydrazone groups is 1. The molecule has 0 radical (unpaired) electrons. The minimum absolute atomic E-state index is 0.0405. The molecule has 2 aromatic carbocycles. The highest BCUT2D eigenvalue weighted by molar-refractivity contribution is 7.14. The molecule has 0 amide bonds. The van der Waals surface area contributed by atoms with Crippen LogP contribution in [0.2, 0.25) is 0 Å². The number of hydrogen-bond acceptors (Lipinski definition) is 8. The maximum absolute atomic E-state index is 11.0. The molecule has 4 aromatic rings. The third-order valence-electron chi connectivity index (χ3n) is 4.63. The van der Waals surface area contributed by atoms with Crippen molar-refractivity contribution in [3.05, 3.63) is 87.7 Å². The zero-order valence-electron chi connectivity index (χ0n) is 17.2. The monoisotopic (exact) mass is 448 g/mol. The number of nitrogens with one attached hydrogen (secondary N) is 1. The van der Waals surface area contributed by atoms with Crippen LogP contribution in [0, 0.1) is 17.0 Å². The summed E-state index contributed by atoms with van der Waals surface area (Å²) in [6.45, 7) is 2.36. The maximum atomic E-state index is 11.0. The average Bonchev–Trinajstić information content (AvgIpc) is 3.43. The van der Waals surface area contributed by atoms with Crippen LogP contribution < -0.4 is 10.2 Å². The van der Waals surface area contributed by atoms with Gasteiger partial charge in [0.15, 0.2) is 5.82 Å². The third-order valence-corrected chi connectivity index (χ3v) is 5.38. The summed E-state index contributed by atoms with van der Waals surface area (Å²) in [6.07, 6.45) is 2.96. The summed E-state index contributed by atoms with van der Waals surface area (Å²) in [5.74, 6) is 1.21. The van der Waals surface area contributed by atoms with Gasteiger partial charge in [-0.1, -0.05) is 30.3 Å². The topological polar surface area (TPSA) is 107 Å². The first kappa shape index (κ1) is 21.2. The molecule has 162 valence electrons. The van der Waals surface area contributed by atoms with Crippen molar-refractivity contribution >= 4 is 28.5 Å². The van der Waals surface area contributed by atoms with E-state index in [2.05, 4.69) is 20.5 Å². The zero-order valence-corrected chi connectivity index (χ0v) is 18.0. The van der Waals surface area contributed by atoms with E-state index in [-0.39, 0.29) is 5.82 Å². The van der Waals surface area contributed by atoms with Crippen LogP contribution in [0.3, 0.4) is 0 Å². The van der Waals surface area contributed by atoms with Crippen LogP contribution in [0.15, 0.2) is 71.3 Å². The van der Waals surface area contributed by atoms with Gasteiger partial charge in [0.1, 0.15) is 25.1 Å². The third kappa shape index (κ3) is 5.16. The van der Waals surface area contributed by atoms with Crippen molar-refractivity contribution in [2.75, 3.05) is 12.0 Å². The van der Waals surface area contributed by atoms with Gasteiger partial charge in [-0.15, -0.1) is 11.3 Å². The fourth-order valence-corrected chi connectivity index (χ4v) is 3.68. The van der Waals surface area contributed by atoms with Crippen LogP contribution in [0.4, 0.5) is 10.9 Å². The Bertz CT molecular complexity index is 1220. The van der Waals surface area contributed by atoms with Gasteiger partial charge >= 0.3 is 5.82 Å². The van der Waals surface area contributed by atoms with Gasteiger partial charge in [0.25, 0.3) is 0 Å². The Morgan fingerprint density at radius 3 is 2.75 bits per heavy atom. The van der Waals surface area contributed by atoms with E-state index in [0.717, 1.165) is 16.8 Å². The highest BCUT2D eigenvalue weighted by atomic mass is 32.1. The van der Waals surface area contributed by atoms with Crippen molar-refractivity contribution in [1.82, 2.24) is 14.5 Å². The van der Waals surface area contributed by atoms with Crippen LogP contribution in [-0.4, -0.2) is 32.3 Å². The van der Waals surface area contributed by atoms with Crippen molar-refractivity contribution in [3.8, 4) is 17.0 Å². The number of imidazole rings is 1. The number of rotatable bonds is 9. The van der Waals surface area contributed by atoms with Gasteiger partial charge in [0.05, 0.1) is 11.9 Å². The summed E-state index contributed by atoms with van der Waals surface area (Å²) < 4.78 is 7.23. The number of hydrogen-bond donors (Lipinski definition) is 1. The second-order valence-electron chi connectivity index (χ2n) is 6.76. The molecule has 0 aliphatic carbocycles. The minimum atomic E-state index is -0.448. The molecule has 0 aliphatic heterocycles. The molecule has 0 saturated carbocycles. The van der Waals surface area contributed by atoms with Crippen molar-refractivity contribution in [2.24, 2.45) is 5.10 Å². The Morgan fingerprint density at radius 2 is 2.00 bits per heavy atom. The van der Waals surface area contributed by atoms with Gasteiger partial charge in [-0.3, -0.25) is 5.43 Å². The van der Waals surface area contributed by atoms with Crippen LogP contribution in [0.5, 0.6) is 5.75 Å². The SMILES string of the molecule is Cc1ncc([N+](=O)[O-])n1CCOc1ccc(/C=N/Nc2nc(-c3ccccc3)cs2)cc1. The summed E-state index contributed by atoms with van der Waals surface area (Å²) >= 11 is 1.49. The molecule has 2 heterocycles. The molecule has 0 saturated heterocycles. The van der Waals surface area contributed by atoms with Crippen LogP contribution in [0.25, 0.3) is 11.3 Å². The standard InChI is InChI=1S/C22H20N6O3S/c1-16-23-14-21(28(29)30)27(16)11-12-31-19-9-7-17(8-10-19)13-24-26-22-25-20(15-32-22)18-5-3-2-4-6-18/h2-10,13-15H,11-12H2,1H3,(H,25,26)/b24-13+. The first-order valence-corrected chi connectivity index (χ1v) is 10.7. The fourth-order valence-electron chi connectivity index (χ4n) is 3.01. The van der Waals surface area contributed by atoms with E-state index >= 15 is 0 Å². The van der Waals surface area contributed by atoms with E-state index in [0.29, 0.717) is 29.9 Å². The first-order valence-electron chi connectivity index (χ1n) is 9.79. The molecule has 10 heteroatoms. The smallest absolute Gasteiger partial charge is 0.342 e. The molecular formula is C22H20N6O3S. The summed E-state index contributed by atoms with van der Waals surface area (Å²) in [7, 11) is 0. The quantitative estimate of drug-likeness (QED) is 0.225. The van der Waals surface area contributed by atoms with Gasteiger partial charge in [0.2, 0.25) is 5.13 Å². The van der Waals surface area contributed by atoms with Gasteiger partial charge in [-0.2, -0.15) is 5.10 Å². The molecule has 1 N–H and O–H groups in total. The molecule has 0 spiro atoms. The lowest BCUT2D eigenvalue weighted by Gasteiger charge is -2.06. The number of ether oxygens (including phenoxy) is 1. The molecule has 0 aliphatic rings. The van der Waals surface area contributed by atoms with Crippen molar-refractivity contribution in [2.45, 2.75) is 13.5 Å². The van der Waals surface area contributed by atoms with Gasteiger partial charge in [0, 0.05) is 17.9 Å². The fraction of sp³-hybridized carbons (Fsp3) is 0.136. The van der Waals surface area contributed by atoms with E-state index < -0.39 is 4.92 Å². The van der Waals surface area contributed by atoms with Crippen molar-refractivity contribution in [1.29, 1.82) is 0 Å². The average molecular weight is 449 g/mol. The Labute approximate surface area is 188 Å². The maximum Gasteiger partial charge on any atom is 0.342 e. The number of nitrogens with zero attached hydrogens (tertiary/aromatic N) is 5. The Hall–Kier alpha value is -4.05. The van der Waals surface area contributed by atoms with E-state index in [1.165, 1.54) is 22.1 Å². The Kier molecular flexibility index (Phi) is 6.52. The molecule has 32 heavy (non-hydrogen) atoms. The number of anilines is 1. The van der Waals surface area contributed by atoms with Crippen LogP contribution in [-0.2, 0) is 6.54 Å². The number of thiazole rings is 1. The molecule has 0 unspecified atom stereocenters. The highest BCUT2D eigenvalue weighted by Gasteiger charge is 2.16. The summed E-state index contributed by atoms with van der Waals surface area (Å²) in [5, 5.41) is 18.0. The van der Waals surface area contributed by atoms with E-state index in [1.54, 1.807) is 13.1 Å². The van der Waals surface area contributed by atoms with Crippen molar-refractivity contribution in [3.63, 3.8) is 0 Å². The lowest BCUT2D eigenvalue weighted by molar-refractivity contribution is -0.392. The molecule has 2 aromatic heterocycles. The number of nitro groups is 1. The van der Waals surface area contributed by atoms with Crippen molar-refractivity contribution < 1.29 is 9.66 Å². The van der Waals surface area contributed by atoms with E-state index in [1.807, 2.05) is 60.0 Å². The first-order chi connectivity index (χ1) is 15.6. The second kappa shape index (κ2) is 9.84. The minimum Gasteiger partial charge on any atom is -0.489 e. The Morgan fingerprint density at radius 1 is 1.22 bits per heavy atom. The van der Waals surface area contributed by atoms with E-state index in [9.17, 15) is 10.1 Å². The molecule has 0 atom stereocenters. The number of aryl methyl sites for hydroxylation is 1. The second-order valence-corrected chi connectivity index (χ2v) is 7.62. The normalized spacial score (nSPS) is 11.0. The lowest BCUT2D eigenvalue weighted by atomic mass is 10.2. The predicted octanol–water partition coefficient (Wildman–Crippen LogP) is 4.75. The lowest BCUT2D eigenvalue weighted by Crippen LogP contribution is -2.11. The summed E-state index contributed by atoms with van der Waals surface area (Å²) in [4.78, 5) is 19.1. The summed E-state index contributed by atoms with van der Waals surface area (Å²) in [5.41, 5.74) is 5.82. The van der Waals surface area contributed by atoms with E-state index in [4.69, 9.17) is 4.74 Å². The van der Waals surface area contributed by atoms with Crippen LogP contribution >= 0.6 is 11.3 Å². The predicted molar refractivity (Wildman–Crippen MR) is 124 cm³/mol. The van der Waals surface area contributed by atoms with Gasteiger partial charge < -0.3 is 14.9 Å². The van der Waals surface area contributed by atoms with Gasteiger partial charge in [-0.25, -0.2) is 14.5 Å². The highest BCUT2D eigenvalue weighted by Crippen LogP contribution is 2.24. The van der Waals surface area contributed by atoms with Crippen LogP contribution in [0.1, 0.15) is 11.4 Å². The Balaban J connectivity index is 1.28. The summed E-state index contributed by atoms with van der Waals surface area (Å²) in [6, 6.07) is 17.4. The molecule has 0 bridgehead atoms. The molecule has 0 fully saturated rings. The number of aromatic nitrogens is 3. The number of benzene rings is 2. The molecular weight excluding hydrogens is 428 g/mol.